The van der Waals surface area contributed by atoms with Crippen LogP contribution in [0.25, 0.3) is 10.9 Å². The van der Waals surface area contributed by atoms with Gasteiger partial charge in [-0.3, -0.25) is 4.98 Å². The molecule has 0 spiro atoms. The number of para-hydroxylation sites is 1. The van der Waals surface area contributed by atoms with Gasteiger partial charge in [-0.05, 0) is 23.8 Å². The highest BCUT2D eigenvalue weighted by atomic mass is 16.5. The Bertz CT molecular complexity index is 795. The van der Waals surface area contributed by atoms with Crippen molar-refractivity contribution in [3.8, 4) is 5.75 Å². The lowest BCUT2D eigenvalue weighted by molar-refractivity contribution is 0.131. The van der Waals surface area contributed by atoms with Crippen LogP contribution in [0.1, 0.15) is 23.1 Å². The van der Waals surface area contributed by atoms with Crippen LogP contribution >= 0.6 is 0 Å². The molecule has 2 aromatic carbocycles. The van der Waals surface area contributed by atoms with E-state index in [1.54, 1.807) is 6.20 Å². The number of aliphatic hydroxyl groups is 1. The van der Waals surface area contributed by atoms with E-state index in [-0.39, 0.29) is 5.92 Å². The zero-order valence-corrected chi connectivity index (χ0v) is 11.4. The van der Waals surface area contributed by atoms with E-state index in [0.717, 1.165) is 27.8 Å². The third kappa shape index (κ3) is 1.98. The number of hydrogen-bond donors (Lipinski definition) is 1. The zero-order chi connectivity index (χ0) is 14.2. The molecule has 1 N–H and O–H groups in total. The Balaban J connectivity index is 1.80. The lowest BCUT2D eigenvalue weighted by atomic mass is 9.89. The van der Waals surface area contributed by atoms with Gasteiger partial charge < -0.3 is 9.84 Å². The molecule has 2 atom stereocenters. The Morgan fingerprint density at radius 3 is 2.90 bits per heavy atom. The molecular weight excluding hydrogens is 262 g/mol. The highest BCUT2D eigenvalue weighted by Gasteiger charge is 2.31. The maximum Gasteiger partial charge on any atom is 0.123 e. The van der Waals surface area contributed by atoms with Crippen molar-refractivity contribution < 1.29 is 9.84 Å². The largest absolute Gasteiger partial charge is 0.493 e. The molecule has 4 rings (SSSR count). The fourth-order valence-electron chi connectivity index (χ4n) is 3.05. The highest BCUT2D eigenvalue weighted by Crippen LogP contribution is 2.42. The van der Waals surface area contributed by atoms with Gasteiger partial charge in [-0.2, -0.15) is 0 Å². The van der Waals surface area contributed by atoms with Crippen LogP contribution in [0.2, 0.25) is 0 Å². The quantitative estimate of drug-likeness (QED) is 0.780. The minimum atomic E-state index is -0.596. The van der Waals surface area contributed by atoms with Gasteiger partial charge in [-0.15, -0.1) is 0 Å². The molecule has 1 aliphatic rings. The van der Waals surface area contributed by atoms with Gasteiger partial charge in [-0.1, -0.05) is 36.4 Å². The first-order chi connectivity index (χ1) is 10.3. The summed E-state index contributed by atoms with van der Waals surface area (Å²) in [4.78, 5) is 4.35. The van der Waals surface area contributed by atoms with Gasteiger partial charge in [0, 0.05) is 17.1 Å². The van der Waals surface area contributed by atoms with E-state index in [4.69, 9.17) is 4.74 Å². The smallest absolute Gasteiger partial charge is 0.123 e. The molecule has 3 heteroatoms. The van der Waals surface area contributed by atoms with Crippen molar-refractivity contribution in [1.82, 2.24) is 4.98 Å². The molecule has 0 saturated carbocycles. The lowest BCUT2D eigenvalue weighted by Gasteiger charge is -2.19. The summed E-state index contributed by atoms with van der Waals surface area (Å²) in [5.74, 6) is 0.840. The number of aliphatic hydroxyl groups excluding tert-OH is 1. The summed E-state index contributed by atoms with van der Waals surface area (Å²) >= 11 is 0. The Labute approximate surface area is 122 Å². The number of benzene rings is 2. The van der Waals surface area contributed by atoms with E-state index >= 15 is 0 Å². The molecule has 2 unspecified atom stereocenters. The second-order valence-electron chi connectivity index (χ2n) is 5.32. The fourth-order valence-corrected chi connectivity index (χ4v) is 3.05. The monoisotopic (exact) mass is 277 g/mol. The van der Waals surface area contributed by atoms with E-state index in [1.165, 1.54) is 0 Å². The predicted octanol–water partition coefficient (Wildman–Crippen LogP) is 3.44. The van der Waals surface area contributed by atoms with Crippen LogP contribution in [0, 0.1) is 0 Å². The van der Waals surface area contributed by atoms with Gasteiger partial charge >= 0.3 is 0 Å². The molecule has 0 aliphatic carbocycles. The van der Waals surface area contributed by atoms with Gasteiger partial charge in [0.2, 0.25) is 0 Å². The van der Waals surface area contributed by atoms with Crippen molar-refractivity contribution >= 4 is 10.9 Å². The number of pyridine rings is 1. The zero-order valence-electron chi connectivity index (χ0n) is 11.4. The molecular formula is C18H15NO2. The van der Waals surface area contributed by atoms with Crippen LogP contribution in [-0.2, 0) is 0 Å². The summed E-state index contributed by atoms with van der Waals surface area (Å²) < 4.78 is 5.69. The standard InChI is InChI=1S/C18H15NO2/c20-18(15-11-21-17-9-2-1-5-13(15)17)14-6-3-8-16-12(14)7-4-10-19-16/h1-10,15,18,20H,11H2. The number of nitrogens with zero attached hydrogens (tertiary/aromatic N) is 1. The molecule has 3 nitrogen and oxygen atoms in total. The number of hydrogen-bond acceptors (Lipinski definition) is 3. The van der Waals surface area contributed by atoms with Gasteiger partial charge in [0.1, 0.15) is 5.75 Å². The molecule has 0 fully saturated rings. The minimum absolute atomic E-state index is 0.0352. The summed E-state index contributed by atoms with van der Waals surface area (Å²) in [6.07, 6.45) is 1.17. The minimum Gasteiger partial charge on any atom is -0.493 e. The molecule has 3 aromatic rings. The summed E-state index contributed by atoms with van der Waals surface area (Å²) in [6.45, 7) is 0.511. The van der Waals surface area contributed by atoms with Crippen molar-refractivity contribution in [2.45, 2.75) is 12.0 Å². The Kier molecular flexibility index (Phi) is 2.86. The van der Waals surface area contributed by atoms with Crippen molar-refractivity contribution in [2.75, 3.05) is 6.61 Å². The SMILES string of the molecule is OC(c1cccc2ncccc12)C1COc2ccccc21. The summed E-state index contributed by atoms with van der Waals surface area (Å²) in [7, 11) is 0. The van der Waals surface area contributed by atoms with Crippen LogP contribution < -0.4 is 4.74 Å². The van der Waals surface area contributed by atoms with E-state index in [2.05, 4.69) is 4.98 Å². The summed E-state index contributed by atoms with van der Waals surface area (Å²) in [5.41, 5.74) is 2.89. The van der Waals surface area contributed by atoms with Crippen molar-refractivity contribution in [3.63, 3.8) is 0 Å². The van der Waals surface area contributed by atoms with Gasteiger partial charge in [0.15, 0.2) is 0 Å². The molecule has 0 amide bonds. The molecule has 1 aromatic heterocycles. The normalized spacial score (nSPS) is 18.2. The first kappa shape index (κ1) is 12.4. The van der Waals surface area contributed by atoms with Crippen LogP contribution in [0.15, 0.2) is 60.8 Å². The van der Waals surface area contributed by atoms with E-state index in [9.17, 15) is 5.11 Å². The third-order valence-electron chi connectivity index (χ3n) is 4.12. The number of aromatic nitrogens is 1. The van der Waals surface area contributed by atoms with Gasteiger partial charge in [0.25, 0.3) is 0 Å². The van der Waals surface area contributed by atoms with Crippen LogP contribution in [0.5, 0.6) is 5.75 Å². The maximum atomic E-state index is 10.9. The molecule has 21 heavy (non-hydrogen) atoms. The lowest BCUT2D eigenvalue weighted by Crippen LogP contribution is -2.12. The number of rotatable bonds is 2. The number of fused-ring (bicyclic) bond motifs is 2. The molecule has 104 valence electrons. The second-order valence-corrected chi connectivity index (χ2v) is 5.32. The molecule has 0 bridgehead atoms. The predicted molar refractivity (Wildman–Crippen MR) is 81.4 cm³/mol. The van der Waals surface area contributed by atoms with Crippen molar-refractivity contribution in [2.24, 2.45) is 0 Å². The van der Waals surface area contributed by atoms with Crippen molar-refractivity contribution in [1.29, 1.82) is 0 Å². The highest BCUT2D eigenvalue weighted by molar-refractivity contribution is 5.82. The number of ether oxygens (including phenoxy) is 1. The summed E-state index contributed by atoms with van der Waals surface area (Å²) in [6, 6.07) is 17.7. The molecule has 0 saturated heterocycles. The maximum absolute atomic E-state index is 10.9. The fraction of sp³-hybridized carbons (Fsp3) is 0.167. The topological polar surface area (TPSA) is 42.4 Å². The molecule has 1 aliphatic heterocycles. The third-order valence-corrected chi connectivity index (χ3v) is 4.12. The first-order valence-electron chi connectivity index (χ1n) is 7.08. The second kappa shape index (κ2) is 4.86. The molecule has 0 radical (unpaired) electrons. The van der Waals surface area contributed by atoms with Crippen LogP contribution in [-0.4, -0.2) is 16.7 Å². The van der Waals surface area contributed by atoms with Crippen LogP contribution in [0.3, 0.4) is 0 Å². The van der Waals surface area contributed by atoms with Gasteiger partial charge in [0.05, 0.1) is 24.1 Å². The molecule has 2 heterocycles. The van der Waals surface area contributed by atoms with Crippen molar-refractivity contribution in [3.05, 3.63) is 71.9 Å². The Morgan fingerprint density at radius 2 is 1.95 bits per heavy atom. The average Bonchev–Trinajstić information content (AvgIpc) is 2.98. The Morgan fingerprint density at radius 1 is 1.05 bits per heavy atom. The Hall–Kier alpha value is -2.39. The van der Waals surface area contributed by atoms with E-state index in [0.29, 0.717) is 6.61 Å². The summed E-state index contributed by atoms with van der Waals surface area (Å²) in [5, 5.41) is 11.9. The average molecular weight is 277 g/mol. The first-order valence-corrected chi connectivity index (χ1v) is 7.08. The van der Waals surface area contributed by atoms with E-state index < -0.39 is 6.10 Å². The van der Waals surface area contributed by atoms with E-state index in [1.807, 2.05) is 54.6 Å². The van der Waals surface area contributed by atoms with Crippen LogP contribution in [0.4, 0.5) is 0 Å². The van der Waals surface area contributed by atoms with Gasteiger partial charge in [-0.25, -0.2) is 0 Å².